The molecule has 0 spiro atoms. The summed E-state index contributed by atoms with van der Waals surface area (Å²) in [5.41, 5.74) is 1.54. The monoisotopic (exact) mass is 599 g/mol. The van der Waals surface area contributed by atoms with Crippen molar-refractivity contribution in [2.45, 2.75) is 101 Å². The highest BCUT2D eigenvalue weighted by molar-refractivity contribution is 8.00. The fraction of sp³-hybridized carbons (Fsp3) is 0.552. The average Bonchev–Trinajstić information content (AvgIpc) is 3.69. The van der Waals surface area contributed by atoms with Crippen LogP contribution in [0.15, 0.2) is 28.0 Å². The molecule has 2 aliphatic carbocycles. The van der Waals surface area contributed by atoms with Gasteiger partial charge < -0.3 is 24.4 Å². The SMILES string of the molecule is CCOC(=O)c1c(NC(=O)[C@@H](C)Sc2nnc(CNC(=O)c3ccco3)n2C2CCCCC2)sc2c1CCCCC2. The molecule has 41 heavy (non-hydrogen) atoms. The van der Waals surface area contributed by atoms with Crippen LogP contribution < -0.4 is 10.6 Å². The predicted molar refractivity (Wildman–Crippen MR) is 158 cm³/mol. The van der Waals surface area contributed by atoms with E-state index >= 15 is 0 Å². The van der Waals surface area contributed by atoms with E-state index in [1.54, 1.807) is 19.1 Å². The highest BCUT2D eigenvalue weighted by Gasteiger charge is 2.30. The normalized spacial score (nSPS) is 16.4. The minimum atomic E-state index is -0.496. The Morgan fingerprint density at radius 3 is 2.68 bits per heavy atom. The third-order valence-electron chi connectivity index (χ3n) is 7.62. The Bertz CT molecular complexity index is 1360. The Kier molecular flexibility index (Phi) is 9.81. The number of aryl methyl sites for hydroxylation is 1. The Labute approximate surface area is 248 Å². The number of ether oxygens (including phenoxy) is 1. The fourth-order valence-electron chi connectivity index (χ4n) is 5.54. The van der Waals surface area contributed by atoms with Gasteiger partial charge in [0.25, 0.3) is 5.91 Å². The molecule has 3 aromatic heterocycles. The zero-order valence-corrected chi connectivity index (χ0v) is 25.2. The van der Waals surface area contributed by atoms with Crippen molar-refractivity contribution in [1.82, 2.24) is 20.1 Å². The van der Waals surface area contributed by atoms with E-state index in [9.17, 15) is 14.4 Å². The summed E-state index contributed by atoms with van der Waals surface area (Å²) in [5, 5.41) is 15.5. The molecule has 2 aliphatic rings. The van der Waals surface area contributed by atoms with Gasteiger partial charge in [0.05, 0.1) is 30.2 Å². The summed E-state index contributed by atoms with van der Waals surface area (Å²) in [6.45, 7) is 4.11. The molecule has 0 bridgehead atoms. The third kappa shape index (κ3) is 6.86. The Hall–Kier alpha value is -3.12. The van der Waals surface area contributed by atoms with Crippen LogP contribution in [0, 0.1) is 0 Å². The zero-order chi connectivity index (χ0) is 28.8. The molecule has 0 aliphatic heterocycles. The smallest absolute Gasteiger partial charge is 0.341 e. The van der Waals surface area contributed by atoms with E-state index < -0.39 is 5.25 Å². The number of fused-ring (bicyclic) bond motifs is 1. The molecular formula is C29H37N5O5S2. The number of nitrogens with zero attached hydrogens (tertiary/aromatic N) is 3. The number of esters is 1. The van der Waals surface area contributed by atoms with E-state index in [4.69, 9.17) is 9.15 Å². The van der Waals surface area contributed by atoms with E-state index in [-0.39, 0.29) is 42.7 Å². The van der Waals surface area contributed by atoms with Gasteiger partial charge >= 0.3 is 5.97 Å². The molecule has 0 radical (unpaired) electrons. The van der Waals surface area contributed by atoms with Crippen LogP contribution in [-0.4, -0.2) is 44.4 Å². The van der Waals surface area contributed by atoms with E-state index in [2.05, 4.69) is 25.4 Å². The van der Waals surface area contributed by atoms with Crippen molar-refractivity contribution < 1.29 is 23.5 Å². The number of nitrogens with one attached hydrogen (secondary N) is 2. The van der Waals surface area contributed by atoms with Gasteiger partial charge in [0, 0.05) is 10.9 Å². The number of hydrogen-bond acceptors (Lipinski definition) is 9. The first-order valence-electron chi connectivity index (χ1n) is 14.5. The van der Waals surface area contributed by atoms with Crippen molar-refractivity contribution in [2.24, 2.45) is 0 Å². The lowest BCUT2D eigenvalue weighted by molar-refractivity contribution is -0.115. The maximum Gasteiger partial charge on any atom is 0.341 e. The number of carbonyl (C=O) groups is 3. The minimum absolute atomic E-state index is 0.202. The molecule has 2 amide bonds. The molecule has 2 N–H and O–H groups in total. The summed E-state index contributed by atoms with van der Waals surface area (Å²) in [5.74, 6) is -0.00861. The topological polar surface area (TPSA) is 128 Å². The number of amides is 2. The van der Waals surface area contributed by atoms with Crippen molar-refractivity contribution in [3.05, 3.63) is 46.0 Å². The Balaban J connectivity index is 1.33. The minimum Gasteiger partial charge on any atom is -0.462 e. The zero-order valence-electron chi connectivity index (χ0n) is 23.6. The first-order valence-corrected chi connectivity index (χ1v) is 16.2. The number of aromatic nitrogens is 3. The van der Waals surface area contributed by atoms with Crippen LogP contribution in [0.4, 0.5) is 5.00 Å². The van der Waals surface area contributed by atoms with Gasteiger partial charge in [-0.2, -0.15) is 0 Å². The maximum atomic E-state index is 13.5. The van der Waals surface area contributed by atoms with Gasteiger partial charge in [-0.3, -0.25) is 9.59 Å². The highest BCUT2D eigenvalue weighted by atomic mass is 32.2. The summed E-state index contributed by atoms with van der Waals surface area (Å²) in [4.78, 5) is 40.0. The maximum absolute atomic E-state index is 13.5. The van der Waals surface area contributed by atoms with Crippen LogP contribution in [0.2, 0.25) is 0 Å². The molecular weight excluding hydrogens is 562 g/mol. The second-order valence-electron chi connectivity index (χ2n) is 10.5. The van der Waals surface area contributed by atoms with Crippen LogP contribution in [-0.2, 0) is 28.9 Å². The largest absolute Gasteiger partial charge is 0.462 e. The van der Waals surface area contributed by atoms with Gasteiger partial charge in [-0.25, -0.2) is 4.79 Å². The predicted octanol–water partition coefficient (Wildman–Crippen LogP) is 5.93. The van der Waals surface area contributed by atoms with E-state index in [1.807, 2.05) is 6.92 Å². The molecule has 0 saturated heterocycles. The summed E-state index contributed by atoms with van der Waals surface area (Å²) < 4.78 is 12.7. The molecule has 3 aromatic rings. The summed E-state index contributed by atoms with van der Waals surface area (Å²) >= 11 is 2.84. The first kappa shape index (κ1) is 29.4. The average molecular weight is 600 g/mol. The standard InChI is InChI=1S/C29H37N5O5S2/c1-3-38-28(37)24-20-13-8-5-9-15-22(20)41-27(24)31-25(35)18(2)40-29-33-32-23(34(29)19-11-6-4-7-12-19)17-30-26(36)21-14-10-16-39-21/h10,14,16,18-19H,3-9,11-13,15,17H2,1-2H3,(H,30,36)(H,31,35)/t18-/m1/s1. The lowest BCUT2D eigenvalue weighted by atomic mass is 9.95. The number of thiophene rings is 1. The van der Waals surface area contributed by atoms with Crippen LogP contribution >= 0.6 is 23.1 Å². The number of carbonyl (C=O) groups excluding carboxylic acids is 3. The quantitative estimate of drug-likeness (QED) is 0.167. The van der Waals surface area contributed by atoms with Crippen LogP contribution in [0.1, 0.15) is 108 Å². The van der Waals surface area contributed by atoms with Crippen LogP contribution in [0.25, 0.3) is 0 Å². The number of anilines is 1. The molecule has 1 atom stereocenters. The molecule has 0 unspecified atom stereocenters. The molecule has 220 valence electrons. The molecule has 0 aromatic carbocycles. The van der Waals surface area contributed by atoms with Gasteiger partial charge in [0.2, 0.25) is 5.91 Å². The van der Waals surface area contributed by atoms with Crippen molar-refractivity contribution in [1.29, 1.82) is 0 Å². The van der Waals surface area contributed by atoms with Crippen molar-refractivity contribution >= 4 is 45.9 Å². The number of rotatable bonds is 10. The molecule has 1 fully saturated rings. The molecule has 3 heterocycles. The first-order chi connectivity index (χ1) is 20.0. The molecule has 12 heteroatoms. The number of furan rings is 1. The van der Waals surface area contributed by atoms with Crippen molar-refractivity contribution in [2.75, 3.05) is 11.9 Å². The van der Waals surface area contributed by atoms with Gasteiger partial charge in [-0.05, 0) is 70.1 Å². The van der Waals surface area contributed by atoms with Crippen LogP contribution in [0.5, 0.6) is 0 Å². The summed E-state index contributed by atoms with van der Waals surface area (Å²) in [6, 6.07) is 3.49. The van der Waals surface area contributed by atoms with Crippen LogP contribution in [0.3, 0.4) is 0 Å². The van der Waals surface area contributed by atoms with Gasteiger partial charge in [-0.15, -0.1) is 21.5 Å². The third-order valence-corrected chi connectivity index (χ3v) is 9.88. The van der Waals surface area contributed by atoms with Crippen molar-refractivity contribution in [3.63, 3.8) is 0 Å². The second kappa shape index (κ2) is 13.7. The van der Waals surface area contributed by atoms with E-state index in [0.717, 1.165) is 63.4 Å². The highest BCUT2D eigenvalue weighted by Crippen LogP contribution is 2.39. The molecule has 5 rings (SSSR count). The number of hydrogen-bond donors (Lipinski definition) is 2. The van der Waals surface area contributed by atoms with E-state index in [0.29, 0.717) is 21.5 Å². The Morgan fingerprint density at radius 2 is 1.93 bits per heavy atom. The van der Waals surface area contributed by atoms with Gasteiger partial charge in [0.15, 0.2) is 16.7 Å². The molecule has 10 nitrogen and oxygen atoms in total. The Morgan fingerprint density at radius 1 is 1.15 bits per heavy atom. The summed E-state index contributed by atoms with van der Waals surface area (Å²) in [6.07, 6.45) is 11.8. The summed E-state index contributed by atoms with van der Waals surface area (Å²) in [7, 11) is 0. The van der Waals surface area contributed by atoms with E-state index in [1.165, 1.54) is 40.7 Å². The van der Waals surface area contributed by atoms with Crippen molar-refractivity contribution in [3.8, 4) is 0 Å². The lowest BCUT2D eigenvalue weighted by Crippen LogP contribution is -2.27. The van der Waals surface area contributed by atoms with Gasteiger partial charge in [-0.1, -0.05) is 37.4 Å². The number of thioether (sulfide) groups is 1. The second-order valence-corrected chi connectivity index (χ2v) is 12.9. The lowest BCUT2D eigenvalue weighted by Gasteiger charge is -2.26. The molecule has 1 saturated carbocycles. The van der Waals surface area contributed by atoms with Gasteiger partial charge in [0.1, 0.15) is 5.00 Å². The fourth-order valence-corrected chi connectivity index (χ4v) is 7.76.